The van der Waals surface area contributed by atoms with E-state index in [0.29, 0.717) is 12.8 Å². The van der Waals surface area contributed by atoms with Crippen LogP contribution in [0.3, 0.4) is 0 Å². The van der Waals surface area contributed by atoms with Gasteiger partial charge in [0.15, 0.2) is 0 Å². The van der Waals surface area contributed by atoms with Crippen LogP contribution in [0.4, 0.5) is 4.39 Å². The highest BCUT2D eigenvalue weighted by Gasteiger charge is 2.08. The Labute approximate surface area is 113 Å². The van der Waals surface area contributed by atoms with Gasteiger partial charge in [-0.2, -0.15) is 0 Å². The largest absolute Gasteiger partial charge is 0.392 e. The Morgan fingerprint density at radius 3 is 2.26 bits per heavy atom. The molecule has 100 valence electrons. The highest BCUT2D eigenvalue weighted by atomic mass is 19.1. The molecule has 2 aromatic rings. The molecule has 0 aromatic heterocycles. The standard InChI is InChI=1S/C17H19FO/c1-12-6-7-15(8-13(12)2)11-17(19)10-14-4-3-5-16(18)9-14/h3-9,17,19H,10-11H2,1-2H3. The first-order chi connectivity index (χ1) is 9.04. The van der Waals surface area contributed by atoms with Crippen molar-refractivity contribution in [1.29, 1.82) is 0 Å². The Morgan fingerprint density at radius 1 is 0.947 bits per heavy atom. The molecule has 0 amide bonds. The first kappa shape index (κ1) is 13.8. The summed E-state index contributed by atoms with van der Waals surface area (Å²) in [6.45, 7) is 4.14. The van der Waals surface area contributed by atoms with Crippen molar-refractivity contribution in [2.24, 2.45) is 0 Å². The molecule has 0 saturated heterocycles. The van der Waals surface area contributed by atoms with Gasteiger partial charge in [-0.25, -0.2) is 4.39 Å². The van der Waals surface area contributed by atoms with Crippen molar-refractivity contribution in [3.8, 4) is 0 Å². The van der Waals surface area contributed by atoms with Crippen molar-refractivity contribution < 1.29 is 9.50 Å². The number of hydrogen-bond donors (Lipinski definition) is 1. The monoisotopic (exact) mass is 258 g/mol. The normalized spacial score (nSPS) is 12.4. The summed E-state index contributed by atoms with van der Waals surface area (Å²) >= 11 is 0. The lowest BCUT2D eigenvalue weighted by atomic mass is 9.98. The van der Waals surface area contributed by atoms with Crippen LogP contribution in [0.25, 0.3) is 0 Å². The van der Waals surface area contributed by atoms with Crippen LogP contribution in [-0.4, -0.2) is 11.2 Å². The fourth-order valence-electron chi connectivity index (χ4n) is 2.21. The van der Waals surface area contributed by atoms with E-state index in [0.717, 1.165) is 11.1 Å². The lowest BCUT2D eigenvalue weighted by Gasteiger charge is -2.12. The minimum absolute atomic E-state index is 0.254. The molecule has 2 aromatic carbocycles. The second-order valence-corrected chi connectivity index (χ2v) is 5.11. The summed E-state index contributed by atoms with van der Waals surface area (Å²) in [5, 5.41) is 10.1. The number of aliphatic hydroxyl groups excluding tert-OH is 1. The van der Waals surface area contributed by atoms with Crippen LogP contribution in [0, 0.1) is 19.7 Å². The molecule has 0 heterocycles. The zero-order valence-corrected chi connectivity index (χ0v) is 11.4. The molecule has 0 aliphatic rings. The van der Waals surface area contributed by atoms with Crippen molar-refractivity contribution in [1.82, 2.24) is 0 Å². The molecule has 0 aliphatic heterocycles. The Kier molecular flexibility index (Phi) is 4.33. The van der Waals surface area contributed by atoms with Crippen LogP contribution in [0.5, 0.6) is 0 Å². The van der Waals surface area contributed by atoms with Gasteiger partial charge < -0.3 is 5.11 Å². The van der Waals surface area contributed by atoms with Gasteiger partial charge in [0, 0.05) is 0 Å². The topological polar surface area (TPSA) is 20.2 Å². The first-order valence-corrected chi connectivity index (χ1v) is 6.53. The SMILES string of the molecule is Cc1ccc(CC(O)Cc2cccc(F)c2)cc1C. The van der Waals surface area contributed by atoms with Crippen molar-refractivity contribution in [2.75, 3.05) is 0 Å². The third-order valence-corrected chi connectivity index (χ3v) is 3.40. The third-order valence-electron chi connectivity index (χ3n) is 3.40. The molecule has 2 rings (SSSR count). The van der Waals surface area contributed by atoms with E-state index in [9.17, 15) is 9.50 Å². The van der Waals surface area contributed by atoms with E-state index in [2.05, 4.69) is 26.0 Å². The number of benzene rings is 2. The third kappa shape index (κ3) is 3.90. The van der Waals surface area contributed by atoms with Crippen LogP contribution in [0.1, 0.15) is 22.3 Å². The van der Waals surface area contributed by atoms with E-state index in [-0.39, 0.29) is 5.82 Å². The minimum Gasteiger partial charge on any atom is -0.392 e. The zero-order valence-electron chi connectivity index (χ0n) is 11.4. The quantitative estimate of drug-likeness (QED) is 0.888. The molecule has 0 bridgehead atoms. The summed E-state index contributed by atoms with van der Waals surface area (Å²) in [5.41, 5.74) is 4.43. The fraction of sp³-hybridized carbons (Fsp3) is 0.294. The van der Waals surface area contributed by atoms with Crippen LogP contribution < -0.4 is 0 Å². The summed E-state index contributed by atoms with van der Waals surface area (Å²) in [6.07, 6.45) is 0.589. The Balaban J connectivity index is 2.01. The van der Waals surface area contributed by atoms with Gasteiger partial charge in [-0.3, -0.25) is 0 Å². The molecule has 1 unspecified atom stereocenters. The molecule has 2 heteroatoms. The van der Waals surface area contributed by atoms with Crippen molar-refractivity contribution >= 4 is 0 Å². The van der Waals surface area contributed by atoms with Crippen molar-refractivity contribution in [3.63, 3.8) is 0 Å². The van der Waals surface area contributed by atoms with E-state index in [1.165, 1.54) is 23.3 Å². The maximum absolute atomic E-state index is 13.1. The maximum atomic E-state index is 13.1. The second-order valence-electron chi connectivity index (χ2n) is 5.11. The summed E-state index contributed by atoms with van der Waals surface area (Å²) < 4.78 is 13.1. The Bertz CT molecular complexity index is 563. The van der Waals surface area contributed by atoms with Gasteiger partial charge in [0.1, 0.15) is 5.82 Å². The van der Waals surface area contributed by atoms with Gasteiger partial charge in [0.2, 0.25) is 0 Å². The number of aliphatic hydroxyl groups is 1. The lowest BCUT2D eigenvalue weighted by Crippen LogP contribution is -2.14. The minimum atomic E-state index is -0.482. The molecule has 0 aliphatic carbocycles. The van der Waals surface area contributed by atoms with Gasteiger partial charge in [-0.15, -0.1) is 0 Å². The van der Waals surface area contributed by atoms with Gasteiger partial charge in [0.05, 0.1) is 6.10 Å². The number of aryl methyl sites for hydroxylation is 2. The molecule has 1 nitrogen and oxygen atoms in total. The van der Waals surface area contributed by atoms with Crippen molar-refractivity contribution in [3.05, 3.63) is 70.5 Å². The van der Waals surface area contributed by atoms with E-state index in [1.807, 2.05) is 12.1 Å². The Morgan fingerprint density at radius 2 is 1.63 bits per heavy atom. The molecular weight excluding hydrogens is 239 g/mol. The number of rotatable bonds is 4. The molecule has 0 spiro atoms. The van der Waals surface area contributed by atoms with Crippen molar-refractivity contribution in [2.45, 2.75) is 32.8 Å². The van der Waals surface area contributed by atoms with Gasteiger partial charge in [0.25, 0.3) is 0 Å². The highest BCUT2D eigenvalue weighted by Crippen LogP contribution is 2.14. The molecular formula is C17H19FO. The second kappa shape index (κ2) is 5.98. The molecule has 0 saturated carbocycles. The van der Waals surface area contributed by atoms with E-state index >= 15 is 0 Å². The molecule has 0 fully saturated rings. The van der Waals surface area contributed by atoms with Crippen LogP contribution in [0.15, 0.2) is 42.5 Å². The first-order valence-electron chi connectivity index (χ1n) is 6.53. The summed E-state index contributed by atoms with van der Waals surface area (Å²) in [5.74, 6) is -0.254. The predicted molar refractivity (Wildman–Crippen MR) is 75.7 cm³/mol. The maximum Gasteiger partial charge on any atom is 0.123 e. The van der Waals surface area contributed by atoms with E-state index in [1.54, 1.807) is 6.07 Å². The highest BCUT2D eigenvalue weighted by molar-refractivity contribution is 5.30. The average molecular weight is 258 g/mol. The molecule has 19 heavy (non-hydrogen) atoms. The lowest BCUT2D eigenvalue weighted by molar-refractivity contribution is 0.175. The smallest absolute Gasteiger partial charge is 0.123 e. The Hall–Kier alpha value is -1.67. The molecule has 0 radical (unpaired) electrons. The van der Waals surface area contributed by atoms with Gasteiger partial charge in [-0.05, 0) is 61.1 Å². The van der Waals surface area contributed by atoms with Crippen LogP contribution in [-0.2, 0) is 12.8 Å². The molecule has 1 atom stereocenters. The van der Waals surface area contributed by atoms with E-state index in [4.69, 9.17) is 0 Å². The van der Waals surface area contributed by atoms with Gasteiger partial charge >= 0.3 is 0 Å². The zero-order chi connectivity index (χ0) is 13.8. The summed E-state index contributed by atoms with van der Waals surface area (Å²) in [6, 6.07) is 12.6. The number of hydrogen-bond acceptors (Lipinski definition) is 1. The summed E-state index contributed by atoms with van der Waals surface area (Å²) in [7, 11) is 0. The van der Waals surface area contributed by atoms with E-state index < -0.39 is 6.10 Å². The summed E-state index contributed by atoms with van der Waals surface area (Å²) in [4.78, 5) is 0. The van der Waals surface area contributed by atoms with Crippen LogP contribution in [0.2, 0.25) is 0 Å². The molecule has 1 N–H and O–H groups in total. The fourth-order valence-corrected chi connectivity index (χ4v) is 2.21. The van der Waals surface area contributed by atoms with Crippen LogP contribution >= 0.6 is 0 Å². The number of halogens is 1. The average Bonchev–Trinajstić information content (AvgIpc) is 2.34. The predicted octanol–water partition coefficient (Wildman–Crippen LogP) is 3.59. The van der Waals surface area contributed by atoms with Gasteiger partial charge in [-0.1, -0.05) is 30.3 Å².